The molecular weight excluding hydrogens is 343 g/mol. The Kier molecular flexibility index (Phi) is 4.56. The molecule has 1 unspecified atom stereocenters. The Hall–Kier alpha value is -2.53. The topological polar surface area (TPSA) is 41.8 Å². The minimum absolute atomic E-state index is 0.177. The molecule has 2 aromatic carbocycles. The van der Waals surface area contributed by atoms with Crippen LogP contribution in [-0.4, -0.2) is 24.4 Å². The molecular formula is C22H24FN2O2+. The molecule has 1 fully saturated rings. The number of halogens is 1. The van der Waals surface area contributed by atoms with Crippen molar-refractivity contribution in [1.82, 2.24) is 0 Å². The number of nitrogens with one attached hydrogen (secondary N) is 1. The Morgan fingerprint density at radius 2 is 1.81 bits per heavy atom. The zero-order valence-corrected chi connectivity index (χ0v) is 15.7. The normalized spacial score (nSPS) is 17.6. The van der Waals surface area contributed by atoms with Gasteiger partial charge < -0.3 is 4.90 Å². The first kappa shape index (κ1) is 17.9. The number of hydrogen-bond acceptors (Lipinski definition) is 2. The lowest BCUT2D eigenvalue weighted by Crippen LogP contribution is -3.13. The van der Waals surface area contributed by atoms with Crippen LogP contribution < -0.4 is 9.80 Å². The first-order valence-corrected chi connectivity index (χ1v) is 9.53. The van der Waals surface area contributed by atoms with E-state index in [1.54, 1.807) is 0 Å². The van der Waals surface area contributed by atoms with Crippen LogP contribution in [0.1, 0.15) is 54.1 Å². The molecule has 0 aromatic heterocycles. The number of rotatable bonds is 6. The van der Waals surface area contributed by atoms with E-state index in [-0.39, 0.29) is 5.56 Å². The summed E-state index contributed by atoms with van der Waals surface area (Å²) in [6, 6.07) is 13.1. The highest BCUT2D eigenvalue weighted by molar-refractivity contribution is 6.52. The fourth-order valence-corrected chi connectivity index (χ4v) is 3.74. The third-order valence-corrected chi connectivity index (χ3v) is 5.53. The molecule has 1 amide bonds. The van der Waals surface area contributed by atoms with Gasteiger partial charge in [-0.3, -0.25) is 14.5 Å². The van der Waals surface area contributed by atoms with Crippen LogP contribution in [0.3, 0.4) is 0 Å². The number of hydrogen-bond donors (Lipinski definition) is 1. The molecule has 1 aliphatic carbocycles. The van der Waals surface area contributed by atoms with Gasteiger partial charge in [0.05, 0.1) is 17.3 Å². The monoisotopic (exact) mass is 367 g/mol. The average molecular weight is 367 g/mol. The number of fused-ring (bicyclic) bond motifs is 1. The highest BCUT2D eigenvalue weighted by Gasteiger charge is 2.41. The number of quaternary nitrogens is 1. The van der Waals surface area contributed by atoms with Gasteiger partial charge in [0.25, 0.3) is 5.78 Å². The number of anilines is 1. The molecule has 1 atom stereocenters. The number of Topliss-reactive ketones (excluding diaryl/α,β-unsaturated/α-hetero) is 1. The molecule has 0 radical (unpaired) electrons. The minimum atomic E-state index is -0.610. The Morgan fingerprint density at radius 3 is 2.44 bits per heavy atom. The van der Waals surface area contributed by atoms with E-state index in [0.29, 0.717) is 24.3 Å². The maximum Gasteiger partial charge on any atom is 0.303 e. The zero-order chi connectivity index (χ0) is 19.1. The van der Waals surface area contributed by atoms with Crippen molar-refractivity contribution in [2.45, 2.75) is 45.2 Å². The van der Waals surface area contributed by atoms with Crippen molar-refractivity contribution in [3.05, 3.63) is 65.0 Å². The van der Waals surface area contributed by atoms with Crippen LogP contribution in [0.15, 0.2) is 42.5 Å². The Balaban J connectivity index is 1.54. The molecule has 1 saturated carbocycles. The summed E-state index contributed by atoms with van der Waals surface area (Å²) in [5.74, 6) is -1.16. The smallest absolute Gasteiger partial charge is 0.303 e. The van der Waals surface area contributed by atoms with Crippen LogP contribution >= 0.6 is 0 Å². The highest BCUT2D eigenvalue weighted by Crippen LogP contribution is 2.29. The van der Waals surface area contributed by atoms with E-state index < -0.39 is 17.5 Å². The van der Waals surface area contributed by atoms with Gasteiger partial charge in [0.15, 0.2) is 6.67 Å². The van der Waals surface area contributed by atoms with Gasteiger partial charge in [-0.1, -0.05) is 38.1 Å². The van der Waals surface area contributed by atoms with Crippen molar-refractivity contribution < 1.29 is 18.9 Å². The van der Waals surface area contributed by atoms with E-state index in [9.17, 15) is 14.0 Å². The lowest BCUT2D eigenvalue weighted by atomic mass is 10.0. The summed E-state index contributed by atoms with van der Waals surface area (Å²) < 4.78 is 13.5. The fourth-order valence-electron chi connectivity index (χ4n) is 3.74. The van der Waals surface area contributed by atoms with Gasteiger partial charge in [0.1, 0.15) is 12.4 Å². The van der Waals surface area contributed by atoms with Crippen LogP contribution in [-0.2, 0) is 11.3 Å². The number of carbonyl (C=O) groups is 2. The molecule has 4 rings (SSSR count). The van der Waals surface area contributed by atoms with Gasteiger partial charge in [-0.05, 0) is 29.7 Å². The predicted octanol–water partition coefficient (Wildman–Crippen LogP) is 2.68. The summed E-state index contributed by atoms with van der Waals surface area (Å²) >= 11 is 0. The number of ketones is 1. The summed E-state index contributed by atoms with van der Waals surface area (Å²) in [4.78, 5) is 27.5. The minimum Gasteiger partial charge on any atom is -0.311 e. The Bertz CT molecular complexity index is 888. The third kappa shape index (κ3) is 3.52. The SMILES string of the molecule is CC(C)c1ccc(C[NH+](CN2C(=O)C(=O)c3cc(F)ccc32)C2CC2)cc1. The predicted molar refractivity (Wildman–Crippen MR) is 101 cm³/mol. The molecule has 140 valence electrons. The van der Waals surface area contributed by atoms with Gasteiger partial charge in [-0.15, -0.1) is 0 Å². The van der Waals surface area contributed by atoms with E-state index >= 15 is 0 Å². The van der Waals surface area contributed by atoms with Crippen LogP contribution in [0.5, 0.6) is 0 Å². The van der Waals surface area contributed by atoms with Crippen molar-refractivity contribution >= 4 is 17.4 Å². The molecule has 5 heteroatoms. The van der Waals surface area contributed by atoms with E-state index in [1.165, 1.54) is 33.1 Å². The van der Waals surface area contributed by atoms with Crippen molar-refractivity contribution in [2.75, 3.05) is 11.6 Å². The summed E-state index contributed by atoms with van der Waals surface area (Å²) in [7, 11) is 0. The second kappa shape index (κ2) is 6.89. The molecule has 0 spiro atoms. The Labute approximate surface area is 158 Å². The van der Waals surface area contributed by atoms with E-state index in [1.807, 2.05) is 0 Å². The summed E-state index contributed by atoms with van der Waals surface area (Å²) in [5, 5.41) is 0. The first-order valence-electron chi connectivity index (χ1n) is 9.53. The number of benzene rings is 2. The average Bonchev–Trinajstić information content (AvgIpc) is 3.46. The second-order valence-corrected chi connectivity index (χ2v) is 7.89. The lowest BCUT2D eigenvalue weighted by Gasteiger charge is -2.25. The molecule has 4 nitrogen and oxygen atoms in total. The van der Waals surface area contributed by atoms with E-state index in [4.69, 9.17) is 0 Å². The number of nitrogens with zero attached hydrogens (tertiary/aromatic N) is 1. The standard InChI is InChI=1S/C22H23FN2O2/c1-14(2)16-5-3-15(4-6-16)12-24(18-8-9-18)13-25-20-10-7-17(23)11-19(20)21(26)22(25)27/h3-7,10-11,14,18H,8-9,12-13H2,1-2H3/p+1. The number of amides is 1. The van der Waals surface area contributed by atoms with Crippen molar-refractivity contribution in [3.63, 3.8) is 0 Å². The molecule has 0 saturated heterocycles. The molecule has 27 heavy (non-hydrogen) atoms. The van der Waals surface area contributed by atoms with Crippen LogP contribution in [0, 0.1) is 5.82 Å². The van der Waals surface area contributed by atoms with Crippen molar-refractivity contribution in [2.24, 2.45) is 0 Å². The zero-order valence-electron chi connectivity index (χ0n) is 15.7. The maximum absolute atomic E-state index is 13.5. The summed E-state index contributed by atoms with van der Waals surface area (Å²) in [5.41, 5.74) is 3.23. The molecule has 0 bridgehead atoms. The van der Waals surface area contributed by atoms with Gasteiger partial charge >= 0.3 is 5.91 Å². The summed E-state index contributed by atoms with van der Waals surface area (Å²) in [6.45, 7) is 5.58. The lowest BCUT2D eigenvalue weighted by molar-refractivity contribution is -0.923. The molecule has 1 heterocycles. The van der Waals surface area contributed by atoms with Crippen LogP contribution in [0.4, 0.5) is 10.1 Å². The van der Waals surface area contributed by atoms with Crippen LogP contribution in [0.2, 0.25) is 0 Å². The molecule has 2 aromatic rings. The van der Waals surface area contributed by atoms with Gasteiger partial charge in [0, 0.05) is 18.4 Å². The van der Waals surface area contributed by atoms with E-state index in [2.05, 4.69) is 38.1 Å². The van der Waals surface area contributed by atoms with Crippen LogP contribution in [0.25, 0.3) is 0 Å². The quantitative estimate of drug-likeness (QED) is 0.798. The summed E-state index contributed by atoms with van der Waals surface area (Å²) in [6.07, 6.45) is 2.26. The highest BCUT2D eigenvalue weighted by atomic mass is 19.1. The maximum atomic E-state index is 13.5. The van der Waals surface area contributed by atoms with E-state index in [0.717, 1.165) is 25.5 Å². The van der Waals surface area contributed by atoms with Gasteiger partial charge in [-0.25, -0.2) is 4.39 Å². The molecule has 1 N–H and O–H groups in total. The van der Waals surface area contributed by atoms with Gasteiger partial charge in [0.2, 0.25) is 0 Å². The molecule has 2 aliphatic rings. The second-order valence-electron chi connectivity index (χ2n) is 7.89. The number of carbonyl (C=O) groups excluding carboxylic acids is 2. The largest absolute Gasteiger partial charge is 0.311 e. The van der Waals surface area contributed by atoms with Crippen molar-refractivity contribution in [3.8, 4) is 0 Å². The third-order valence-electron chi connectivity index (χ3n) is 5.53. The first-order chi connectivity index (χ1) is 12.9. The Morgan fingerprint density at radius 1 is 1.11 bits per heavy atom. The fraction of sp³-hybridized carbons (Fsp3) is 0.364. The molecule has 1 aliphatic heterocycles. The van der Waals surface area contributed by atoms with Gasteiger partial charge in [-0.2, -0.15) is 0 Å². The van der Waals surface area contributed by atoms with Crippen molar-refractivity contribution in [1.29, 1.82) is 0 Å².